The Morgan fingerprint density at radius 2 is 1.36 bits per heavy atom. The van der Waals surface area contributed by atoms with E-state index in [0.29, 0.717) is 60.1 Å². The van der Waals surface area contributed by atoms with E-state index in [1.165, 1.54) is 0 Å². The molecule has 3 aliphatic heterocycles. The summed E-state index contributed by atoms with van der Waals surface area (Å²) in [6.45, 7) is 6.89. The van der Waals surface area contributed by atoms with Crippen LogP contribution in [0.15, 0.2) is 36.4 Å². The first kappa shape index (κ1) is 21.7. The van der Waals surface area contributed by atoms with Crippen molar-refractivity contribution in [1.29, 1.82) is 0 Å². The van der Waals surface area contributed by atoms with Gasteiger partial charge in [0.2, 0.25) is 13.6 Å². The van der Waals surface area contributed by atoms with Crippen LogP contribution in [0.25, 0.3) is 0 Å². The van der Waals surface area contributed by atoms with Gasteiger partial charge >= 0.3 is 6.09 Å². The molecule has 0 saturated carbocycles. The number of carbonyl (C=O) groups is 1. The van der Waals surface area contributed by atoms with E-state index in [9.17, 15) is 9.90 Å². The fraction of sp³-hybridized carbons (Fsp3) is 0.480. The van der Waals surface area contributed by atoms with Gasteiger partial charge in [-0.1, -0.05) is 12.1 Å². The smallest absolute Gasteiger partial charge is 0.410 e. The van der Waals surface area contributed by atoms with Crippen molar-refractivity contribution in [2.45, 2.75) is 44.8 Å². The molecule has 5 rings (SSSR count). The van der Waals surface area contributed by atoms with E-state index in [1.54, 1.807) is 4.90 Å². The highest BCUT2D eigenvalue weighted by Crippen LogP contribution is 2.47. The van der Waals surface area contributed by atoms with E-state index in [2.05, 4.69) is 0 Å². The van der Waals surface area contributed by atoms with E-state index in [4.69, 9.17) is 23.7 Å². The highest BCUT2D eigenvalue weighted by molar-refractivity contribution is 5.68. The Kier molecular flexibility index (Phi) is 5.28. The van der Waals surface area contributed by atoms with E-state index in [-0.39, 0.29) is 25.6 Å². The molecule has 0 radical (unpaired) electrons. The fourth-order valence-corrected chi connectivity index (χ4v) is 4.71. The molecule has 8 nitrogen and oxygen atoms in total. The molecule has 176 valence electrons. The molecule has 3 aliphatic rings. The third-order valence-corrected chi connectivity index (χ3v) is 6.36. The molecule has 0 aliphatic carbocycles. The number of likely N-dealkylation sites (tertiary alicyclic amines) is 1. The van der Waals surface area contributed by atoms with Gasteiger partial charge in [0.05, 0.1) is 0 Å². The van der Waals surface area contributed by atoms with Crippen LogP contribution in [0.3, 0.4) is 0 Å². The van der Waals surface area contributed by atoms with E-state index in [0.717, 1.165) is 0 Å². The fourth-order valence-electron chi connectivity index (χ4n) is 4.71. The molecule has 33 heavy (non-hydrogen) atoms. The summed E-state index contributed by atoms with van der Waals surface area (Å²) < 4.78 is 27.6. The van der Waals surface area contributed by atoms with Crippen LogP contribution < -0.4 is 18.9 Å². The van der Waals surface area contributed by atoms with Gasteiger partial charge < -0.3 is 33.7 Å². The minimum Gasteiger partial charge on any atom is -0.454 e. The molecule has 0 bridgehead atoms. The number of carbonyl (C=O) groups excluding carboxylic acids is 1. The number of fused-ring (bicyclic) bond motifs is 2. The number of hydrogen-bond acceptors (Lipinski definition) is 7. The van der Waals surface area contributed by atoms with E-state index >= 15 is 0 Å². The number of aliphatic hydroxyl groups is 1. The Bertz CT molecular complexity index is 996. The van der Waals surface area contributed by atoms with Gasteiger partial charge in [-0.25, -0.2) is 4.79 Å². The molecule has 0 atom stereocenters. The van der Waals surface area contributed by atoms with Crippen LogP contribution in [0, 0.1) is 5.92 Å². The summed E-state index contributed by atoms with van der Waals surface area (Å²) in [6.07, 6.45) is 0.896. The molecular weight excluding hydrogens is 426 g/mol. The Hall–Kier alpha value is -3.13. The minimum absolute atomic E-state index is 0.142. The summed E-state index contributed by atoms with van der Waals surface area (Å²) in [5, 5.41) is 12.3. The van der Waals surface area contributed by atoms with Crippen LogP contribution in [0.5, 0.6) is 23.0 Å². The second kappa shape index (κ2) is 8.02. The lowest BCUT2D eigenvalue weighted by atomic mass is 9.72. The highest BCUT2D eigenvalue weighted by Gasteiger charge is 2.44. The monoisotopic (exact) mass is 455 g/mol. The maximum absolute atomic E-state index is 12.5. The van der Waals surface area contributed by atoms with Crippen molar-refractivity contribution in [2.24, 2.45) is 5.92 Å². The summed E-state index contributed by atoms with van der Waals surface area (Å²) in [6, 6.07) is 11.1. The number of amides is 1. The third kappa shape index (κ3) is 4.04. The lowest BCUT2D eigenvalue weighted by Gasteiger charge is -2.42. The van der Waals surface area contributed by atoms with Crippen molar-refractivity contribution >= 4 is 6.09 Å². The highest BCUT2D eigenvalue weighted by atomic mass is 16.7. The van der Waals surface area contributed by atoms with Gasteiger partial charge in [0.25, 0.3) is 0 Å². The summed E-state index contributed by atoms with van der Waals surface area (Å²) in [7, 11) is 0. The Labute approximate surface area is 192 Å². The van der Waals surface area contributed by atoms with Crippen LogP contribution in [0.2, 0.25) is 0 Å². The number of nitrogens with zero attached hydrogens (tertiary/aromatic N) is 1. The zero-order valence-corrected chi connectivity index (χ0v) is 19.1. The Morgan fingerprint density at radius 1 is 0.879 bits per heavy atom. The zero-order valence-electron chi connectivity index (χ0n) is 19.1. The summed E-state index contributed by atoms with van der Waals surface area (Å²) in [4.78, 5) is 14.3. The van der Waals surface area contributed by atoms with Crippen LogP contribution in [-0.2, 0) is 10.3 Å². The molecular formula is C25H29NO7. The average Bonchev–Trinajstić information content (AvgIpc) is 3.45. The first-order chi connectivity index (χ1) is 15.7. The first-order valence-corrected chi connectivity index (χ1v) is 11.2. The van der Waals surface area contributed by atoms with Gasteiger partial charge in [-0.05, 0) is 74.9 Å². The van der Waals surface area contributed by atoms with Crippen LogP contribution in [0.4, 0.5) is 4.79 Å². The molecule has 1 fully saturated rings. The largest absolute Gasteiger partial charge is 0.454 e. The number of ether oxygens (including phenoxy) is 5. The van der Waals surface area contributed by atoms with E-state index < -0.39 is 11.2 Å². The van der Waals surface area contributed by atoms with Crippen molar-refractivity contribution in [2.75, 3.05) is 26.7 Å². The number of piperidine rings is 1. The second-order valence-electron chi connectivity index (χ2n) is 9.64. The maximum atomic E-state index is 12.5. The molecule has 0 aromatic heterocycles. The van der Waals surface area contributed by atoms with Crippen molar-refractivity contribution in [3.63, 3.8) is 0 Å². The third-order valence-electron chi connectivity index (χ3n) is 6.36. The normalized spacial score (nSPS) is 17.9. The molecule has 1 amide bonds. The van der Waals surface area contributed by atoms with Crippen LogP contribution in [-0.4, -0.2) is 48.4 Å². The van der Waals surface area contributed by atoms with Gasteiger partial charge in [-0.15, -0.1) is 0 Å². The quantitative estimate of drug-likeness (QED) is 0.748. The standard InChI is InChI=1S/C25H29NO7/c1-24(2,3)33-23(27)26-10-8-16(9-11-26)25(28,17-4-6-19-21(12-17)31-14-29-19)18-5-7-20-22(13-18)32-15-30-20/h4-7,12-13,16,28H,8-11,14-15H2,1-3H3. The number of rotatable bonds is 3. The van der Waals surface area contributed by atoms with Gasteiger partial charge in [-0.3, -0.25) is 0 Å². The van der Waals surface area contributed by atoms with Gasteiger partial charge in [0, 0.05) is 13.1 Å². The molecule has 2 aromatic rings. The maximum Gasteiger partial charge on any atom is 0.410 e. The topological polar surface area (TPSA) is 86.7 Å². The van der Waals surface area contributed by atoms with E-state index in [1.807, 2.05) is 57.2 Å². The summed E-state index contributed by atoms with van der Waals surface area (Å²) in [5.74, 6) is 2.39. The first-order valence-electron chi connectivity index (χ1n) is 11.2. The lowest BCUT2D eigenvalue weighted by Crippen LogP contribution is -2.47. The van der Waals surface area contributed by atoms with Crippen molar-refractivity contribution in [1.82, 2.24) is 4.90 Å². The number of benzene rings is 2. The predicted molar refractivity (Wildman–Crippen MR) is 119 cm³/mol. The van der Waals surface area contributed by atoms with Gasteiger partial charge in [-0.2, -0.15) is 0 Å². The lowest BCUT2D eigenvalue weighted by molar-refractivity contribution is -0.0239. The second-order valence-corrected chi connectivity index (χ2v) is 9.64. The summed E-state index contributed by atoms with van der Waals surface area (Å²) >= 11 is 0. The molecule has 1 saturated heterocycles. The molecule has 1 N–H and O–H groups in total. The predicted octanol–water partition coefficient (Wildman–Crippen LogP) is 4.03. The van der Waals surface area contributed by atoms with Crippen molar-refractivity contribution < 1.29 is 33.6 Å². The van der Waals surface area contributed by atoms with Crippen LogP contribution in [0.1, 0.15) is 44.7 Å². The van der Waals surface area contributed by atoms with Gasteiger partial charge in [0.1, 0.15) is 11.2 Å². The SMILES string of the molecule is CC(C)(C)OC(=O)N1CCC(C(O)(c2ccc3c(c2)OCO3)c2ccc3c(c2)OCO3)CC1. The molecule has 2 aromatic carbocycles. The molecule has 3 heterocycles. The Balaban J connectivity index is 1.46. The average molecular weight is 456 g/mol. The summed E-state index contributed by atoms with van der Waals surface area (Å²) in [5.41, 5.74) is -0.446. The van der Waals surface area contributed by atoms with Crippen LogP contribution >= 0.6 is 0 Å². The van der Waals surface area contributed by atoms with Crippen molar-refractivity contribution in [3.8, 4) is 23.0 Å². The van der Waals surface area contributed by atoms with Gasteiger partial charge in [0.15, 0.2) is 23.0 Å². The molecule has 0 spiro atoms. The molecule has 8 heteroatoms. The zero-order chi connectivity index (χ0) is 23.2. The minimum atomic E-state index is -1.32. The Morgan fingerprint density at radius 3 is 1.85 bits per heavy atom. The number of hydrogen-bond donors (Lipinski definition) is 1. The van der Waals surface area contributed by atoms with Crippen molar-refractivity contribution in [3.05, 3.63) is 47.5 Å². The molecule has 0 unspecified atom stereocenters.